The number of likely N-dealkylation sites (N-methyl/N-ethyl adjacent to an activating group) is 1. The number of aromatic nitrogens is 1. The van der Waals surface area contributed by atoms with Crippen LogP contribution in [0.15, 0.2) is 75.8 Å². The van der Waals surface area contributed by atoms with Gasteiger partial charge in [-0.05, 0) is 79.9 Å². The SMILES string of the molecule is CCC1=C(Nc2ccc(N3CCN(C)CC3)cc2)N=c2c(ccc(=O)n2Cc2cccc(F)c2C)=CC1. The van der Waals surface area contributed by atoms with E-state index < -0.39 is 0 Å². The first-order chi connectivity index (χ1) is 17.9. The lowest BCUT2D eigenvalue weighted by molar-refractivity contribution is 0.313. The van der Waals surface area contributed by atoms with Crippen LogP contribution in [0.5, 0.6) is 0 Å². The summed E-state index contributed by atoms with van der Waals surface area (Å²) in [6.07, 6.45) is 3.70. The number of rotatable bonds is 6. The van der Waals surface area contributed by atoms with Gasteiger partial charge in [0.15, 0.2) is 0 Å². The highest BCUT2D eigenvalue weighted by atomic mass is 19.1. The molecule has 0 saturated carbocycles. The van der Waals surface area contributed by atoms with Gasteiger partial charge in [-0.25, -0.2) is 9.38 Å². The van der Waals surface area contributed by atoms with Gasteiger partial charge in [0, 0.05) is 48.8 Å². The molecular formula is C30H34FN5O. The van der Waals surface area contributed by atoms with Gasteiger partial charge in [0.1, 0.15) is 17.1 Å². The number of halogens is 1. The van der Waals surface area contributed by atoms with Crippen molar-refractivity contribution in [3.8, 4) is 0 Å². The van der Waals surface area contributed by atoms with Gasteiger partial charge >= 0.3 is 0 Å². The average molecular weight is 500 g/mol. The van der Waals surface area contributed by atoms with E-state index in [9.17, 15) is 9.18 Å². The number of allylic oxidation sites excluding steroid dienone is 1. The predicted molar refractivity (Wildman–Crippen MR) is 148 cm³/mol. The Balaban J connectivity index is 1.49. The van der Waals surface area contributed by atoms with Crippen LogP contribution in [0.1, 0.15) is 30.9 Å². The molecular weight excluding hydrogens is 465 g/mol. The Morgan fingerprint density at radius 1 is 1.00 bits per heavy atom. The average Bonchev–Trinajstić information content (AvgIpc) is 3.08. The molecule has 6 nitrogen and oxygen atoms in total. The van der Waals surface area contributed by atoms with Gasteiger partial charge in [-0.3, -0.25) is 9.36 Å². The monoisotopic (exact) mass is 499 g/mol. The third-order valence-corrected chi connectivity index (χ3v) is 7.44. The minimum Gasteiger partial charge on any atom is -0.369 e. The fraction of sp³-hybridized carbons (Fsp3) is 0.333. The first-order valence-electron chi connectivity index (χ1n) is 13.0. The topological polar surface area (TPSA) is 52.9 Å². The van der Waals surface area contributed by atoms with Crippen molar-refractivity contribution in [1.29, 1.82) is 0 Å². The highest BCUT2D eigenvalue weighted by Crippen LogP contribution is 2.23. The molecule has 3 heterocycles. The maximum absolute atomic E-state index is 14.2. The van der Waals surface area contributed by atoms with Crippen molar-refractivity contribution in [2.75, 3.05) is 43.4 Å². The standard InChI is InChI=1S/C30H34FN5O/c1-4-22-8-9-23-10-15-28(37)36(20-24-6-5-7-27(31)21(24)2)30(23)33-29(22)32-25-11-13-26(14-12-25)35-18-16-34(3)17-19-35/h5-7,9-15,32H,4,8,16-20H2,1-3H3. The maximum Gasteiger partial charge on any atom is 0.252 e. The highest BCUT2D eigenvalue weighted by Gasteiger charge is 2.15. The minimum absolute atomic E-state index is 0.157. The van der Waals surface area contributed by atoms with Crippen LogP contribution in [0.2, 0.25) is 0 Å². The molecule has 0 aliphatic carbocycles. The molecule has 192 valence electrons. The molecule has 7 heteroatoms. The van der Waals surface area contributed by atoms with E-state index in [-0.39, 0.29) is 17.9 Å². The summed E-state index contributed by atoms with van der Waals surface area (Å²) >= 11 is 0. The molecule has 0 spiro atoms. The van der Waals surface area contributed by atoms with Gasteiger partial charge in [0.25, 0.3) is 5.56 Å². The molecule has 2 aliphatic rings. The van der Waals surface area contributed by atoms with Gasteiger partial charge in [0.2, 0.25) is 0 Å². The Morgan fingerprint density at radius 2 is 1.76 bits per heavy atom. The molecule has 1 fully saturated rings. The summed E-state index contributed by atoms with van der Waals surface area (Å²) < 4.78 is 15.9. The van der Waals surface area contributed by atoms with Crippen molar-refractivity contribution in [3.63, 3.8) is 0 Å². The van der Waals surface area contributed by atoms with E-state index in [4.69, 9.17) is 4.99 Å². The van der Waals surface area contributed by atoms with Crippen molar-refractivity contribution in [1.82, 2.24) is 9.47 Å². The first kappa shape index (κ1) is 25.0. The van der Waals surface area contributed by atoms with Crippen molar-refractivity contribution in [2.24, 2.45) is 4.99 Å². The van der Waals surface area contributed by atoms with E-state index in [1.54, 1.807) is 23.6 Å². The summed E-state index contributed by atoms with van der Waals surface area (Å²) in [5, 5.41) is 4.43. The third-order valence-electron chi connectivity index (χ3n) is 7.44. The second-order valence-electron chi connectivity index (χ2n) is 9.85. The molecule has 1 aromatic heterocycles. The third kappa shape index (κ3) is 5.37. The number of hydrogen-bond donors (Lipinski definition) is 1. The Bertz CT molecular complexity index is 1500. The second-order valence-corrected chi connectivity index (χ2v) is 9.85. The summed E-state index contributed by atoms with van der Waals surface area (Å²) in [6, 6.07) is 16.9. The normalized spacial score (nSPS) is 16.1. The Labute approximate surface area is 217 Å². The Hall–Kier alpha value is -3.71. The van der Waals surface area contributed by atoms with E-state index in [1.165, 1.54) is 17.3 Å². The fourth-order valence-electron chi connectivity index (χ4n) is 4.92. The molecule has 0 amide bonds. The van der Waals surface area contributed by atoms with Gasteiger partial charge in [-0.15, -0.1) is 0 Å². The largest absolute Gasteiger partial charge is 0.369 e. The Morgan fingerprint density at radius 3 is 2.49 bits per heavy atom. The second kappa shape index (κ2) is 10.7. The molecule has 2 aromatic carbocycles. The summed E-state index contributed by atoms with van der Waals surface area (Å²) in [4.78, 5) is 22.7. The van der Waals surface area contributed by atoms with Gasteiger partial charge in [0.05, 0.1) is 6.54 Å². The molecule has 1 saturated heterocycles. The number of pyridine rings is 1. The summed E-state index contributed by atoms with van der Waals surface area (Å²) in [7, 11) is 2.16. The van der Waals surface area contributed by atoms with Gasteiger partial charge in [-0.1, -0.05) is 25.1 Å². The van der Waals surface area contributed by atoms with Crippen LogP contribution in [-0.4, -0.2) is 42.7 Å². The van der Waals surface area contributed by atoms with Crippen molar-refractivity contribution < 1.29 is 4.39 Å². The van der Waals surface area contributed by atoms with Crippen LogP contribution in [0.3, 0.4) is 0 Å². The number of nitrogens with one attached hydrogen (secondary N) is 1. The van der Waals surface area contributed by atoms with E-state index in [2.05, 4.69) is 59.4 Å². The van der Waals surface area contributed by atoms with E-state index in [0.717, 1.165) is 61.3 Å². The number of fused-ring (bicyclic) bond motifs is 1. The molecule has 1 N–H and O–H groups in total. The fourth-order valence-corrected chi connectivity index (χ4v) is 4.92. The molecule has 37 heavy (non-hydrogen) atoms. The number of piperazine rings is 1. The zero-order chi connectivity index (χ0) is 25.9. The number of benzene rings is 2. The lowest BCUT2D eigenvalue weighted by Crippen LogP contribution is -2.44. The molecule has 0 unspecified atom stereocenters. The predicted octanol–water partition coefficient (Wildman–Crippen LogP) is 3.63. The lowest BCUT2D eigenvalue weighted by Gasteiger charge is -2.34. The summed E-state index contributed by atoms with van der Waals surface area (Å²) in [6.45, 7) is 8.32. The van der Waals surface area contributed by atoms with Gasteiger partial charge in [-0.2, -0.15) is 0 Å². The number of nitrogens with zero attached hydrogens (tertiary/aromatic N) is 4. The zero-order valence-corrected chi connectivity index (χ0v) is 21.8. The quantitative estimate of drug-likeness (QED) is 0.563. The van der Waals surface area contributed by atoms with Crippen LogP contribution < -0.4 is 26.5 Å². The van der Waals surface area contributed by atoms with Crippen molar-refractivity contribution in [3.05, 3.63) is 104 Å². The van der Waals surface area contributed by atoms with Crippen LogP contribution in [0.4, 0.5) is 15.8 Å². The van der Waals surface area contributed by atoms with Crippen LogP contribution >= 0.6 is 0 Å². The molecule has 5 rings (SSSR count). The highest BCUT2D eigenvalue weighted by molar-refractivity contribution is 5.58. The van der Waals surface area contributed by atoms with Crippen LogP contribution in [0.25, 0.3) is 6.08 Å². The van der Waals surface area contributed by atoms with Crippen molar-refractivity contribution >= 4 is 17.5 Å². The van der Waals surface area contributed by atoms with Gasteiger partial charge < -0.3 is 15.1 Å². The van der Waals surface area contributed by atoms with Crippen molar-refractivity contribution in [2.45, 2.75) is 33.2 Å². The molecule has 0 radical (unpaired) electrons. The van der Waals surface area contributed by atoms with Crippen LogP contribution in [-0.2, 0) is 6.54 Å². The zero-order valence-electron chi connectivity index (χ0n) is 21.8. The maximum atomic E-state index is 14.2. The molecule has 0 bridgehead atoms. The first-order valence-corrected chi connectivity index (χ1v) is 13.0. The lowest BCUT2D eigenvalue weighted by atomic mass is 10.1. The number of anilines is 2. The minimum atomic E-state index is -0.272. The summed E-state index contributed by atoms with van der Waals surface area (Å²) in [5.41, 5.74) is 5.10. The van der Waals surface area contributed by atoms with Crippen LogP contribution in [0, 0.1) is 12.7 Å². The summed E-state index contributed by atoms with van der Waals surface area (Å²) in [5.74, 6) is 0.492. The molecule has 3 aromatic rings. The molecule has 0 atom stereocenters. The number of hydrogen-bond acceptors (Lipinski definition) is 5. The van der Waals surface area contributed by atoms with E-state index >= 15 is 0 Å². The van der Waals surface area contributed by atoms with E-state index in [0.29, 0.717) is 11.1 Å². The van der Waals surface area contributed by atoms with E-state index in [1.807, 2.05) is 12.1 Å². The molecule has 2 aliphatic heterocycles. The Kier molecular flexibility index (Phi) is 7.24. The smallest absolute Gasteiger partial charge is 0.252 e.